The maximum Gasteiger partial charge on any atom is 0.205 e. The second-order valence-corrected chi connectivity index (χ2v) is 7.78. The van der Waals surface area contributed by atoms with Crippen LogP contribution in [-0.4, -0.2) is 19.6 Å². The van der Waals surface area contributed by atoms with Crippen molar-refractivity contribution in [3.05, 3.63) is 76.8 Å². The summed E-state index contributed by atoms with van der Waals surface area (Å²) in [5.41, 5.74) is 1.70. The zero-order valence-corrected chi connectivity index (χ0v) is 17.9. The van der Waals surface area contributed by atoms with E-state index < -0.39 is 5.92 Å². The highest BCUT2D eigenvalue weighted by Crippen LogP contribution is 2.47. The second kappa shape index (κ2) is 8.21. The molecule has 0 spiro atoms. The van der Waals surface area contributed by atoms with Gasteiger partial charge in [0.2, 0.25) is 5.90 Å². The first-order chi connectivity index (χ1) is 14.6. The Morgan fingerprint density at radius 2 is 1.97 bits per heavy atom. The lowest BCUT2D eigenvalue weighted by molar-refractivity contribution is 0.324. The summed E-state index contributed by atoms with van der Waals surface area (Å²) in [6, 6.07) is 17.9. The first-order valence-corrected chi connectivity index (χ1v) is 10.2. The molecule has 2 unspecified atom stereocenters. The van der Waals surface area contributed by atoms with E-state index in [4.69, 9.17) is 19.6 Å². The maximum atomic E-state index is 9.85. The van der Waals surface area contributed by atoms with E-state index in [0.717, 1.165) is 21.9 Å². The van der Waals surface area contributed by atoms with Crippen molar-refractivity contribution in [1.82, 2.24) is 0 Å². The first kappa shape index (κ1) is 20.0. The normalized spacial score (nSPS) is 17.6. The predicted molar refractivity (Wildman–Crippen MR) is 120 cm³/mol. The lowest BCUT2D eigenvalue weighted by Gasteiger charge is -2.31. The van der Waals surface area contributed by atoms with E-state index in [-0.39, 0.29) is 11.8 Å². The lowest BCUT2D eigenvalue weighted by atomic mass is 9.78. The summed E-state index contributed by atoms with van der Waals surface area (Å²) < 4.78 is 17.7. The first-order valence-electron chi connectivity index (χ1n) is 9.37. The molecule has 30 heavy (non-hydrogen) atoms. The van der Waals surface area contributed by atoms with E-state index >= 15 is 0 Å². The number of fused-ring (bicyclic) bond motifs is 2. The van der Waals surface area contributed by atoms with Gasteiger partial charge in [-0.05, 0) is 56.5 Å². The number of rotatable bonds is 5. The smallest absolute Gasteiger partial charge is 0.205 e. The van der Waals surface area contributed by atoms with Crippen LogP contribution in [0.1, 0.15) is 17.0 Å². The molecule has 0 aliphatic carbocycles. The molecule has 0 saturated carbocycles. The summed E-state index contributed by atoms with van der Waals surface area (Å²) in [5, 5.41) is 20.2. The van der Waals surface area contributed by atoms with Gasteiger partial charge in [-0.25, -0.2) is 0 Å². The van der Waals surface area contributed by atoms with Crippen LogP contribution in [0.25, 0.3) is 10.8 Å². The largest absolute Gasteiger partial charge is 0.493 e. The Labute approximate surface area is 183 Å². The van der Waals surface area contributed by atoms with E-state index in [1.165, 1.54) is 0 Å². The Morgan fingerprint density at radius 3 is 2.63 bits per heavy atom. The fraction of sp³-hybridized carbons (Fsp3) is 0.167. The van der Waals surface area contributed by atoms with Crippen molar-refractivity contribution in [3.63, 3.8) is 0 Å². The molecule has 3 aromatic rings. The minimum absolute atomic E-state index is 0.0626. The number of nitrogens with zero attached hydrogens (tertiary/aromatic N) is 1. The van der Waals surface area contributed by atoms with Crippen molar-refractivity contribution >= 4 is 32.6 Å². The van der Waals surface area contributed by atoms with Gasteiger partial charge in [0, 0.05) is 11.5 Å². The standard InChI is InChI=1S/C24H19BrN2O3/c1-3-8-29-23-19(25)10-16(12-21(23)28-2)22-17-9-14-6-4-5-7-15(14)11-20(17)30-24(27)18(22)13-26/h3-7,9-12,18,22,27H,1,8H2,2H3. The molecular weight excluding hydrogens is 444 g/mol. The number of nitriles is 1. The van der Waals surface area contributed by atoms with Crippen molar-refractivity contribution in [2.75, 3.05) is 13.7 Å². The SMILES string of the molecule is C=CCOc1c(Br)cc(C2c3cc4ccccc4cc3OC(=N)C2C#N)cc1OC. The zero-order valence-electron chi connectivity index (χ0n) is 16.3. The van der Waals surface area contributed by atoms with Gasteiger partial charge in [0.25, 0.3) is 0 Å². The second-order valence-electron chi connectivity index (χ2n) is 6.92. The van der Waals surface area contributed by atoms with Crippen LogP contribution < -0.4 is 14.2 Å². The summed E-state index contributed by atoms with van der Waals surface area (Å²) >= 11 is 3.57. The van der Waals surface area contributed by atoms with Gasteiger partial charge < -0.3 is 14.2 Å². The molecule has 1 heterocycles. The van der Waals surface area contributed by atoms with Crippen LogP contribution in [0.15, 0.2) is 65.7 Å². The third kappa shape index (κ3) is 3.42. The summed E-state index contributed by atoms with van der Waals surface area (Å²) in [7, 11) is 1.57. The Balaban J connectivity index is 1.91. The van der Waals surface area contributed by atoms with Gasteiger partial charge >= 0.3 is 0 Å². The molecule has 0 bridgehead atoms. The fourth-order valence-electron chi connectivity index (χ4n) is 3.79. The topological polar surface area (TPSA) is 75.3 Å². The summed E-state index contributed by atoms with van der Waals surface area (Å²) in [6.07, 6.45) is 1.66. The van der Waals surface area contributed by atoms with Crippen molar-refractivity contribution in [1.29, 1.82) is 10.7 Å². The van der Waals surface area contributed by atoms with Gasteiger partial charge in [0.15, 0.2) is 11.5 Å². The molecule has 4 rings (SSSR count). The molecule has 6 heteroatoms. The van der Waals surface area contributed by atoms with Gasteiger partial charge in [0.05, 0.1) is 17.7 Å². The zero-order chi connectivity index (χ0) is 21.3. The van der Waals surface area contributed by atoms with Crippen molar-refractivity contribution in [2.45, 2.75) is 5.92 Å². The summed E-state index contributed by atoms with van der Waals surface area (Å²) in [6.45, 7) is 4.02. The molecule has 0 radical (unpaired) electrons. The summed E-state index contributed by atoms with van der Waals surface area (Å²) in [5.74, 6) is 0.503. The quantitative estimate of drug-likeness (QED) is 0.484. The Hall–Kier alpha value is -3.30. The van der Waals surface area contributed by atoms with Crippen LogP contribution in [0, 0.1) is 22.7 Å². The fourth-order valence-corrected chi connectivity index (χ4v) is 4.36. The van der Waals surface area contributed by atoms with Crippen molar-refractivity contribution in [3.8, 4) is 23.3 Å². The van der Waals surface area contributed by atoms with Crippen molar-refractivity contribution < 1.29 is 14.2 Å². The molecule has 5 nitrogen and oxygen atoms in total. The van der Waals surface area contributed by atoms with Crippen LogP contribution in [0.2, 0.25) is 0 Å². The Kier molecular flexibility index (Phi) is 5.47. The molecule has 0 saturated heterocycles. The highest BCUT2D eigenvalue weighted by molar-refractivity contribution is 9.10. The van der Waals surface area contributed by atoms with Crippen LogP contribution in [0.4, 0.5) is 0 Å². The molecule has 1 N–H and O–H groups in total. The van der Waals surface area contributed by atoms with Gasteiger partial charge in [-0.1, -0.05) is 36.9 Å². The Bertz CT molecular complexity index is 1200. The maximum absolute atomic E-state index is 9.85. The molecule has 150 valence electrons. The highest BCUT2D eigenvalue weighted by atomic mass is 79.9. The molecule has 1 aliphatic heterocycles. The monoisotopic (exact) mass is 462 g/mol. The minimum Gasteiger partial charge on any atom is -0.493 e. The van der Waals surface area contributed by atoms with Crippen LogP contribution in [0.5, 0.6) is 17.2 Å². The molecule has 2 atom stereocenters. The minimum atomic E-state index is -0.754. The van der Waals surface area contributed by atoms with Gasteiger partial charge in [-0.15, -0.1) is 0 Å². The molecule has 0 fully saturated rings. The summed E-state index contributed by atoms with van der Waals surface area (Å²) in [4.78, 5) is 0. The molecule has 1 aliphatic rings. The van der Waals surface area contributed by atoms with E-state index in [1.54, 1.807) is 13.2 Å². The third-order valence-corrected chi connectivity index (χ3v) is 5.73. The molecular formula is C24H19BrN2O3. The third-order valence-electron chi connectivity index (χ3n) is 5.14. The van der Waals surface area contributed by atoms with Gasteiger partial charge in [-0.3, -0.25) is 5.41 Å². The van der Waals surface area contributed by atoms with Crippen LogP contribution in [-0.2, 0) is 0 Å². The average Bonchev–Trinajstić information content (AvgIpc) is 2.75. The van der Waals surface area contributed by atoms with Crippen LogP contribution in [0.3, 0.4) is 0 Å². The Morgan fingerprint density at radius 1 is 1.23 bits per heavy atom. The molecule has 0 aromatic heterocycles. The average molecular weight is 463 g/mol. The number of hydrogen-bond donors (Lipinski definition) is 1. The molecule has 3 aromatic carbocycles. The number of methoxy groups -OCH3 is 1. The lowest BCUT2D eigenvalue weighted by Crippen LogP contribution is -2.31. The number of halogens is 1. The number of nitrogens with one attached hydrogen (secondary N) is 1. The van der Waals surface area contributed by atoms with Gasteiger partial charge in [-0.2, -0.15) is 5.26 Å². The predicted octanol–water partition coefficient (Wildman–Crippen LogP) is 5.82. The van der Waals surface area contributed by atoms with E-state index in [1.807, 2.05) is 48.5 Å². The van der Waals surface area contributed by atoms with Gasteiger partial charge in [0.1, 0.15) is 18.3 Å². The van der Waals surface area contributed by atoms with E-state index in [9.17, 15) is 5.26 Å². The molecule has 0 amide bonds. The number of ether oxygens (including phenoxy) is 3. The van der Waals surface area contributed by atoms with E-state index in [0.29, 0.717) is 28.3 Å². The van der Waals surface area contributed by atoms with E-state index in [2.05, 4.69) is 28.6 Å². The number of hydrogen-bond acceptors (Lipinski definition) is 5. The van der Waals surface area contributed by atoms with Crippen LogP contribution >= 0.6 is 15.9 Å². The van der Waals surface area contributed by atoms with Crippen molar-refractivity contribution in [2.24, 2.45) is 5.92 Å². The highest BCUT2D eigenvalue weighted by Gasteiger charge is 2.38. The number of benzene rings is 3.